The summed E-state index contributed by atoms with van der Waals surface area (Å²) in [5.74, 6) is 0.762. The number of hydrogen-bond donors (Lipinski definition) is 1. The molecule has 0 radical (unpaired) electrons. The van der Waals surface area contributed by atoms with Crippen LogP contribution >= 0.6 is 11.8 Å². The van der Waals surface area contributed by atoms with Gasteiger partial charge in [0.25, 0.3) is 0 Å². The topological polar surface area (TPSA) is 50.7 Å². The van der Waals surface area contributed by atoms with E-state index >= 15 is 0 Å². The first kappa shape index (κ1) is 8.13. The Bertz CT molecular complexity index is 301. The van der Waals surface area contributed by atoms with Gasteiger partial charge in [-0.05, 0) is 0 Å². The van der Waals surface area contributed by atoms with Crippen LogP contribution in [-0.2, 0) is 7.05 Å². The molecule has 1 heterocycles. The van der Waals surface area contributed by atoms with Crippen LogP contribution in [0.3, 0.4) is 0 Å². The largest absolute Gasteiger partial charge is 0.362 e. The van der Waals surface area contributed by atoms with Crippen LogP contribution in [-0.4, -0.2) is 20.5 Å². The van der Waals surface area contributed by atoms with Crippen LogP contribution in [0.15, 0.2) is 22.6 Å². The van der Waals surface area contributed by atoms with E-state index in [4.69, 9.17) is 0 Å². The number of thioether (sulfide) groups is 1. The van der Waals surface area contributed by atoms with E-state index in [1.807, 2.05) is 0 Å². The first-order valence-corrected chi connectivity index (χ1v) is 4.09. The summed E-state index contributed by atoms with van der Waals surface area (Å²) in [4.78, 5) is 14.4. The fourth-order valence-electron chi connectivity index (χ4n) is 0.641. The Labute approximate surface area is 68.3 Å². The van der Waals surface area contributed by atoms with Gasteiger partial charge >= 0.3 is 5.69 Å². The lowest BCUT2D eigenvalue weighted by atomic mass is 10.8. The average molecular weight is 171 g/mol. The summed E-state index contributed by atoms with van der Waals surface area (Å²) in [6.07, 6.45) is 1.77. The predicted molar refractivity (Wildman–Crippen MR) is 44.7 cm³/mol. The molecule has 0 amide bonds. The molecule has 0 aliphatic carbocycles. The van der Waals surface area contributed by atoms with Crippen molar-refractivity contribution in [2.75, 3.05) is 5.75 Å². The summed E-state index contributed by atoms with van der Waals surface area (Å²) < 4.78 is 1.59. The third-order valence-corrected chi connectivity index (χ3v) is 2.10. The fourth-order valence-corrected chi connectivity index (χ4v) is 1.29. The van der Waals surface area contributed by atoms with Crippen LogP contribution in [0.2, 0.25) is 0 Å². The maximum Gasteiger partial charge on any atom is 0.362 e. The first-order chi connectivity index (χ1) is 5.24. The molecule has 0 saturated carbocycles. The highest BCUT2D eigenvalue weighted by Crippen LogP contribution is 2.10. The third-order valence-electron chi connectivity index (χ3n) is 1.08. The normalized spacial score (nSPS) is 9.91. The average Bonchev–Trinajstić information content (AvgIpc) is 2.26. The minimum absolute atomic E-state index is 0.306. The molecule has 11 heavy (non-hydrogen) atoms. The molecule has 0 unspecified atom stereocenters. The lowest BCUT2D eigenvalue weighted by Gasteiger charge is -1.94. The summed E-state index contributed by atoms with van der Waals surface area (Å²) in [7, 11) is 1.75. The molecule has 0 spiro atoms. The molecule has 0 saturated heterocycles. The lowest BCUT2D eigenvalue weighted by Crippen LogP contribution is -2.03. The molecule has 0 aliphatic heterocycles. The van der Waals surface area contributed by atoms with Crippen molar-refractivity contribution < 1.29 is 0 Å². The van der Waals surface area contributed by atoms with Crippen molar-refractivity contribution in [2.24, 2.45) is 7.05 Å². The standard InChI is InChI=1S/C6H9N3OS/c1-3-4-11-6-7-5(10)8-9(6)2/h3H,1,4H2,2H3,(H,8,10). The molecule has 0 aromatic carbocycles. The molecule has 1 rings (SSSR count). The zero-order valence-corrected chi connectivity index (χ0v) is 7.02. The second-order valence-electron chi connectivity index (χ2n) is 1.97. The minimum atomic E-state index is -0.306. The van der Waals surface area contributed by atoms with Gasteiger partial charge in [-0.1, -0.05) is 17.8 Å². The number of nitrogens with zero attached hydrogens (tertiary/aromatic N) is 2. The predicted octanol–water partition coefficient (Wildman–Crippen LogP) is 0.387. The molecule has 4 nitrogen and oxygen atoms in total. The summed E-state index contributed by atoms with van der Waals surface area (Å²) in [6, 6.07) is 0. The van der Waals surface area contributed by atoms with Gasteiger partial charge in [-0.15, -0.1) is 6.58 Å². The molecular formula is C6H9N3OS. The van der Waals surface area contributed by atoms with E-state index in [1.54, 1.807) is 17.8 Å². The minimum Gasteiger partial charge on any atom is -0.264 e. The quantitative estimate of drug-likeness (QED) is 0.528. The van der Waals surface area contributed by atoms with E-state index in [9.17, 15) is 4.79 Å². The Morgan fingerprint density at radius 1 is 1.91 bits per heavy atom. The van der Waals surface area contributed by atoms with E-state index in [0.29, 0.717) is 5.16 Å². The second-order valence-corrected chi connectivity index (χ2v) is 2.96. The molecule has 1 aromatic heterocycles. The molecule has 1 aromatic rings. The van der Waals surface area contributed by atoms with E-state index in [0.717, 1.165) is 5.75 Å². The zero-order valence-electron chi connectivity index (χ0n) is 6.20. The third kappa shape index (κ3) is 1.98. The molecular weight excluding hydrogens is 162 g/mol. The van der Waals surface area contributed by atoms with Crippen molar-refractivity contribution in [2.45, 2.75) is 5.16 Å². The molecule has 5 heteroatoms. The molecule has 0 atom stereocenters. The zero-order chi connectivity index (χ0) is 8.27. The van der Waals surface area contributed by atoms with Crippen LogP contribution in [0.25, 0.3) is 0 Å². The van der Waals surface area contributed by atoms with Gasteiger partial charge in [0.05, 0.1) is 0 Å². The Morgan fingerprint density at radius 2 is 2.64 bits per heavy atom. The van der Waals surface area contributed by atoms with E-state index in [1.165, 1.54) is 11.8 Å². The summed E-state index contributed by atoms with van der Waals surface area (Å²) in [5, 5.41) is 3.20. The van der Waals surface area contributed by atoms with Gasteiger partial charge in [0.2, 0.25) is 0 Å². The summed E-state index contributed by atoms with van der Waals surface area (Å²) in [5.41, 5.74) is -0.306. The SMILES string of the molecule is C=CCSc1nc(=O)[nH]n1C. The smallest absolute Gasteiger partial charge is 0.264 e. The number of aromatic amines is 1. The molecule has 0 bridgehead atoms. The van der Waals surface area contributed by atoms with Gasteiger partial charge in [-0.2, -0.15) is 4.98 Å². The maximum atomic E-state index is 10.6. The van der Waals surface area contributed by atoms with Crippen molar-refractivity contribution in [3.05, 3.63) is 23.1 Å². The lowest BCUT2D eigenvalue weighted by molar-refractivity contribution is 0.682. The number of H-pyrrole nitrogens is 1. The van der Waals surface area contributed by atoms with E-state index < -0.39 is 0 Å². The Hall–Kier alpha value is -0.970. The van der Waals surface area contributed by atoms with Crippen molar-refractivity contribution in [3.63, 3.8) is 0 Å². The van der Waals surface area contributed by atoms with Gasteiger partial charge in [0, 0.05) is 12.8 Å². The van der Waals surface area contributed by atoms with Gasteiger partial charge in [0.1, 0.15) is 0 Å². The summed E-state index contributed by atoms with van der Waals surface area (Å²) in [6.45, 7) is 3.57. The second kappa shape index (κ2) is 3.43. The number of aryl methyl sites for hydroxylation is 1. The molecule has 1 N–H and O–H groups in total. The van der Waals surface area contributed by atoms with Crippen LogP contribution in [0, 0.1) is 0 Å². The fraction of sp³-hybridized carbons (Fsp3) is 0.333. The van der Waals surface area contributed by atoms with E-state index in [2.05, 4.69) is 16.7 Å². The van der Waals surface area contributed by atoms with Crippen LogP contribution in [0.1, 0.15) is 0 Å². The van der Waals surface area contributed by atoms with Gasteiger partial charge in [-0.3, -0.25) is 4.68 Å². The Kier molecular flexibility index (Phi) is 2.53. The Morgan fingerprint density at radius 3 is 3.09 bits per heavy atom. The number of nitrogens with one attached hydrogen (secondary N) is 1. The monoisotopic (exact) mass is 171 g/mol. The van der Waals surface area contributed by atoms with Crippen molar-refractivity contribution in [3.8, 4) is 0 Å². The first-order valence-electron chi connectivity index (χ1n) is 3.11. The molecule has 0 fully saturated rings. The van der Waals surface area contributed by atoms with E-state index in [-0.39, 0.29) is 5.69 Å². The maximum absolute atomic E-state index is 10.6. The molecule has 0 aliphatic rings. The van der Waals surface area contributed by atoms with Crippen molar-refractivity contribution in [1.82, 2.24) is 14.8 Å². The number of aromatic nitrogens is 3. The number of rotatable bonds is 3. The van der Waals surface area contributed by atoms with Crippen LogP contribution in [0.5, 0.6) is 0 Å². The highest BCUT2D eigenvalue weighted by molar-refractivity contribution is 7.99. The highest BCUT2D eigenvalue weighted by atomic mass is 32.2. The van der Waals surface area contributed by atoms with Gasteiger partial charge in [-0.25, -0.2) is 9.89 Å². The Balaban J connectivity index is 2.77. The van der Waals surface area contributed by atoms with Crippen LogP contribution in [0.4, 0.5) is 0 Å². The molecule has 60 valence electrons. The van der Waals surface area contributed by atoms with Gasteiger partial charge < -0.3 is 0 Å². The van der Waals surface area contributed by atoms with Gasteiger partial charge in [0.15, 0.2) is 5.16 Å². The van der Waals surface area contributed by atoms with Crippen molar-refractivity contribution >= 4 is 11.8 Å². The van der Waals surface area contributed by atoms with Crippen molar-refractivity contribution in [1.29, 1.82) is 0 Å². The number of hydrogen-bond acceptors (Lipinski definition) is 3. The highest BCUT2D eigenvalue weighted by Gasteiger charge is 2.00. The van der Waals surface area contributed by atoms with Crippen LogP contribution < -0.4 is 5.69 Å². The summed E-state index contributed by atoms with van der Waals surface area (Å²) >= 11 is 1.47.